The van der Waals surface area contributed by atoms with E-state index in [1.165, 1.54) is 48.5 Å². The fraction of sp³-hybridized carbons (Fsp3) is 0.571. The van der Waals surface area contributed by atoms with Gasteiger partial charge in [-0.3, -0.25) is 0 Å². The minimum atomic E-state index is -5.16. The van der Waals surface area contributed by atoms with Gasteiger partial charge in [0, 0.05) is 0 Å². The van der Waals surface area contributed by atoms with Crippen molar-refractivity contribution in [3.8, 4) is 17.5 Å². The maximum absolute atomic E-state index is 15.5. The molecule has 4 bridgehead atoms. The van der Waals surface area contributed by atoms with E-state index in [2.05, 4.69) is 15.2 Å². The number of aromatic nitrogens is 3. The maximum atomic E-state index is 15.5. The summed E-state index contributed by atoms with van der Waals surface area (Å²) in [7, 11) is 0. The number of ether oxygens (including phenoxy) is 4. The van der Waals surface area contributed by atoms with E-state index in [0.29, 0.717) is 24.5 Å². The number of carbonyl (C=O) groups excluding carboxylic acids is 2. The first kappa shape index (κ1) is 38.8. The Kier molecular flexibility index (Phi) is 10.3. The molecule has 284 valence electrons. The topological polar surface area (TPSA) is 126 Å². The summed E-state index contributed by atoms with van der Waals surface area (Å²) in [6.45, 7) is 9.65. The standard InChI is InChI=1S/C35H40F6N4O7/c1-19-15-21-13-14-22(21)17-33(35(39,40)41,48-18-20-11-9-8-10-12-20)28-44-43-27(50-28)25-24(16-23(34(36,37)38)26(42-25)49-19)45(29(46)51-31(2,3)4)30(47)52-32(5,6)7/h8-12,16,19,21-22H,13-15,17-18H2,1-7H3/t19-,21?,22?,33-/m1/s1. The number of amides is 2. The SMILES string of the molecule is C[C@@H]1CC2CCC2C[C@](OCc2ccccc2)(C(F)(F)F)c2nnc(o2)-c2nc(c(C(F)(F)F)cc2N(C(=O)OC(C)(C)C)C(=O)OC(C)(C)C)O1. The van der Waals surface area contributed by atoms with E-state index in [0.717, 1.165) is 0 Å². The van der Waals surface area contributed by atoms with E-state index in [9.17, 15) is 22.8 Å². The van der Waals surface area contributed by atoms with Crippen LogP contribution >= 0.6 is 0 Å². The summed E-state index contributed by atoms with van der Waals surface area (Å²) >= 11 is 0. The molecule has 2 aliphatic rings. The van der Waals surface area contributed by atoms with Crippen LogP contribution in [0.25, 0.3) is 11.6 Å². The fourth-order valence-corrected chi connectivity index (χ4v) is 6.03. The van der Waals surface area contributed by atoms with E-state index in [4.69, 9.17) is 23.4 Å². The molecule has 1 fully saturated rings. The number of alkyl halides is 6. The van der Waals surface area contributed by atoms with Crippen LogP contribution in [0.5, 0.6) is 5.88 Å². The minimum Gasteiger partial charge on any atom is -0.474 e. The highest BCUT2D eigenvalue weighted by Crippen LogP contribution is 2.53. The highest BCUT2D eigenvalue weighted by atomic mass is 19.4. The largest absolute Gasteiger partial charge is 0.474 e. The molecule has 0 N–H and O–H groups in total. The summed E-state index contributed by atoms with van der Waals surface area (Å²) in [5.74, 6) is -3.88. The van der Waals surface area contributed by atoms with E-state index in [-0.39, 0.29) is 17.2 Å². The molecular weight excluding hydrogens is 702 g/mol. The first-order valence-electron chi connectivity index (χ1n) is 16.6. The average Bonchev–Trinajstić information content (AvgIpc) is 3.47. The Balaban J connectivity index is 1.78. The minimum absolute atomic E-state index is 0.0869. The molecule has 0 saturated heterocycles. The van der Waals surface area contributed by atoms with Gasteiger partial charge in [-0.25, -0.2) is 14.6 Å². The summed E-state index contributed by atoms with van der Waals surface area (Å²) in [4.78, 5) is 31.4. The van der Waals surface area contributed by atoms with Gasteiger partial charge in [0.15, 0.2) is 5.69 Å². The zero-order valence-corrected chi connectivity index (χ0v) is 29.6. The molecule has 5 rings (SSSR count). The van der Waals surface area contributed by atoms with Crippen molar-refractivity contribution in [1.29, 1.82) is 0 Å². The van der Waals surface area contributed by atoms with Crippen LogP contribution in [-0.2, 0) is 32.6 Å². The van der Waals surface area contributed by atoms with Crippen molar-refractivity contribution in [2.24, 2.45) is 11.8 Å². The van der Waals surface area contributed by atoms with Gasteiger partial charge in [0.05, 0.1) is 18.4 Å². The van der Waals surface area contributed by atoms with E-state index < -0.39 is 101 Å². The molecule has 1 aromatic carbocycles. The molecule has 11 nitrogen and oxygen atoms in total. The molecule has 52 heavy (non-hydrogen) atoms. The normalized spacial score (nSPS) is 22.4. The maximum Gasteiger partial charge on any atom is 0.426 e. The summed E-state index contributed by atoms with van der Waals surface area (Å²) in [6, 6.07) is 8.50. The zero-order chi connectivity index (χ0) is 38.4. The summed E-state index contributed by atoms with van der Waals surface area (Å²) in [5.41, 5.74) is -8.50. The van der Waals surface area contributed by atoms with E-state index in [1.54, 1.807) is 30.3 Å². The second-order valence-corrected chi connectivity index (χ2v) is 15.0. The molecule has 1 aliphatic heterocycles. The predicted octanol–water partition coefficient (Wildman–Crippen LogP) is 9.39. The number of rotatable bonds is 4. The van der Waals surface area contributed by atoms with Gasteiger partial charge < -0.3 is 23.4 Å². The van der Waals surface area contributed by atoms with Gasteiger partial charge in [-0.1, -0.05) is 30.3 Å². The van der Waals surface area contributed by atoms with E-state index in [1.807, 2.05) is 0 Å². The molecular formula is C35H40F6N4O7. The van der Waals surface area contributed by atoms with Crippen molar-refractivity contribution in [3.63, 3.8) is 0 Å². The monoisotopic (exact) mass is 742 g/mol. The fourth-order valence-electron chi connectivity index (χ4n) is 6.03. The van der Waals surface area contributed by atoms with Gasteiger partial charge in [0.2, 0.25) is 11.5 Å². The number of hydrogen-bond acceptors (Lipinski definition) is 10. The first-order chi connectivity index (χ1) is 24.0. The molecule has 0 radical (unpaired) electrons. The summed E-state index contributed by atoms with van der Waals surface area (Å²) in [5, 5.41) is 7.51. The quantitative estimate of drug-likeness (QED) is 0.239. The van der Waals surface area contributed by atoms with Crippen LogP contribution < -0.4 is 9.64 Å². The lowest BCUT2D eigenvalue weighted by atomic mass is 9.66. The van der Waals surface area contributed by atoms with Gasteiger partial charge >= 0.3 is 24.5 Å². The van der Waals surface area contributed by atoms with Crippen LogP contribution in [0.3, 0.4) is 0 Å². The van der Waals surface area contributed by atoms with Crippen molar-refractivity contribution in [2.45, 2.75) is 116 Å². The van der Waals surface area contributed by atoms with Crippen LogP contribution in [0, 0.1) is 11.8 Å². The number of imide groups is 1. The second kappa shape index (κ2) is 13.9. The number of halogens is 6. The number of carbonyl (C=O) groups is 2. The lowest BCUT2D eigenvalue weighted by molar-refractivity contribution is -0.306. The Morgan fingerprint density at radius 1 is 0.904 bits per heavy atom. The van der Waals surface area contributed by atoms with Crippen molar-refractivity contribution in [3.05, 3.63) is 53.4 Å². The third-order valence-corrected chi connectivity index (χ3v) is 8.50. The van der Waals surface area contributed by atoms with Crippen LogP contribution in [-0.4, -0.2) is 50.9 Å². The Labute approximate surface area is 296 Å². The smallest absolute Gasteiger partial charge is 0.426 e. The third-order valence-electron chi connectivity index (χ3n) is 8.50. The van der Waals surface area contributed by atoms with Crippen LogP contribution in [0.4, 0.5) is 41.6 Å². The molecule has 3 aromatic rings. The second-order valence-electron chi connectivity index (χ2n) is 15.0. The molecule has 0 spiro atoms. The predicted molar refractivity (Wildman–Crippen MR) is 172 cm³/mol. The molecule has 1 saturated carbocycles. The van der Waals surface area contributed by atoms with Gasteiger partial charge in [-0.2, -0.15) is 31.2 Å². The number of hydrogen-bond donors (Lipinski definition) is 0. The Bertz CT molecular complexity index is 1740. The number of fused-ring (bicyclic) bond motifs is 6. The Morgan fingerprint density at radius 2 is 1.50 bits per heavy atom. The van der Waals surface area contributed by atoms with E-state index >= 15 is 13.2 Å². The molecule has 4 atom stereocenters. The summed E-state index contributed by atoms with van der Waals surface area (Å²) < 4.78 is 118. The first-order valence-corrected chi connectivity index (χ1v) is 16.6. The zero-order valence-electron chi connectivity index (χ0n) is 29.6. The number of pyridine rings is 1. The third kappa shape index (κ3) is 8.45. The lowest BCUT2D eigenvalue weighted by Gasteiger charge is -2.43. The van der Waals surface area contributed by atoms with Gasteiger partial charge in [0.25, 0.3) is 11.8 Å². The van der Waals surface area contributed by atoms with Crippen molar-refractivity contribution in [2.75, 3.05) is 4.90 Å². The molecule has 2 amide bonds. The van der Waals surface area contributed by atoms with Gasteiger partial charge in [-0.05, 0) is 97.6 Å². The average molecular weight is 743 g/mol. The number of nitrogens with zero attached hydrogens (tertiary/aromatic N) is 4. The number of benzene rings is 1. The Hall–Kier alpha value is -4.41. The molecule has 2 unspecified atom stereocenters. The van der Waals surface area contributed by atoms with Crippen molar-refractivity contribution in [1.82, 2.24) is 15.2 Å². The number of anilines is 1. The highest BCUT2D eigenvalue weighted by Gasteiger charge is 2.63. The molecule has 2 aromatic heterocycles. The molecule has 1 aliphatic carbocycles. The Morgan fingerprint density at radius 3 is 2.02 bits per heavy atom. The van der Waals surface area contributed by atoms with Crippen LogP contribution in [0.15, 0.2) is 40.8 Å². The summed E-state index contributed by atoms with van der Waals surface area (Å²) in [6.07, 6.45) is -13.9. The van der Waals surface area contributed by atoms with Crippen molar-refractivity contribution < 1.29 is 59.3 Å². The van der Waals surface area contributed by atoms with Crippen LogP contribution in [0.1, 0.15) is 91.2 Å². The lowest BCUT2D eigenvalue weighted by Crippen LogP contribution is -2.49. The van der Waals surface area contributed by atoms with Gasteiger partial charge in [-0.15, -0.1) is 10.2 Å². The van der Waals surface area contributed by atoms with Crippen LogP contribution in [0.2, 0.25) is 0 Å². The molecule has 3 heterocycles. The van der Waals surface area contributed by atoms with Gasteiger partial charge in [0.1, 0.15) is 16.8 Å². The highest BCUT2D eigenvalue weighted by molar-refractivity contribution is 6.11. The molecule has 17 heteroatoms. The van der Waals surface area contributed by atoms with Crippen molar-refractivity contribution >= 4 is 17.9 Å².